The van der Waals surface area contributed by atoms with Gasteiger partial charge in [0.2, 0.25) is 0 Å². The van der Waals surface area contributed by atoms with Crippen molar-refractivity contribution in [2.45, 2.75) is 56.7 Å². The summed E-state index contributed by atoms with van der Waals surface area (Å²) in [4.78, 5) is 32.0. The Labute approximate surface area is 215 Å². The molecule has 4 aliphatic rings. The molecule has 3 aliphatic heterocycles. The van der Waals surface area contributed by atoms with Gasteiger partial charge in [0.25, 0.3) is 5.91 Å². The molecule has 1 saturated carbocycles. The molecule has 7 nitrogen and oxygen atoms in total. The molecule has 0 spiro atoms. The molecule has 4 heterocycles. The molecule has 2 bridgehead atoms. The van der Waals surface area contributed by atoms with Crippen LogP contribution >= 0.6 is 0 Å². The first-order chi connectivity index (χ1) is 18.0. The van der Waals surface area contributed by atoms with Crippen LogP contribution in [0.1, 0.15) is 48.0 Å². The van der Waals surface area contributed by atoms with E-state index in [-0.39, 0.29) is 36.6 Å². The van der Waals surface area contributed by atoms with Crippen LogP contribution in [0.4, 0.5) is 4.39 Å². The Morgan fingerprint density at radius 3 is 2.92 bits per heavy atom. The number of nitrogens with zero attached hydrogens (tertiary/aromatic N) is 3. The van der Waals surface area contributed by atoms with Crippen molar-refractivity contribution in [1.29, 1.82) is 5.26 Å². The molecule has 0 radical (unpaired) electrons. The average Bonchev–Trinajstić information content (AvgIpc) is 3.72. The summed E-state index contributed by atoms with van der Waals surface area (Å²) in [6.45, 7) is 1.18. The molecule has 2 aromatic rings. The number of aliphatic imine (C=N–C) groups is 1. The number of furan rings is 1. The van der Waals surface area contributed by atoms with Crippen molar-refractivity contribution in [3.63, 3.8) is 0 Å². The molecule has 1 unspecified atom stereocenters. The summed E-state index contributed by atoms with van der Waals surface area (Å²) < 4.78 is 20.7. The number of hydrogen-bond donors (Lipinski definition) is 1. The van der Waals surface area contributed by atoms with Gasteiger partial charge >= 0.3 is 0 Å². The fraction of sp³-hybridized carbons (Fsp3) is 0.448. The smallest absolute Gasteiger partial charge is 0.257 e. The zero-order valence-electron chi connectivity index (χ0n) is 20.5. The zero-order valence-corrected chi connectivity index (χ0v) is 20.5. The van der Waals surface area contributed by atoms with E-state index in [9.17, 15) is 14.9 Å². The predicted molar refractivity (Wildman–Crippen MR) is 135 cm³/mol. The summed E-state index contributed by atoms with van der Waals surface area (Å²) in [5.74, 6) is -0.316. The topological polar surface area (TPSA) is 98.7 Å². The third kappa shape index (κ3) is 4.64. The SMILES string of the molecule is N#C[C@@H](CC(=O)[C@H]1N[C@@H]2CC[C@H]1C2)Cc1ccc(-c2cc(C(=O)N3CCC4N=CC=C4C3)co2)cc1F. The highest BCUT2D eigenvalue weighted by Gasteiger charge is 2.42. The fourth-order valence-corrected chi connectivity index (χ4v) is 6.28. The molecule has 2 saturated heterocycles. The molecular weight excluding hydrogens is 471 g/mol. The highest BCUT2D eigenvalue weighted by atomic mass is 19.1. The third-order valence-corrected chi connectivity index (χ3v) is 8.30. The first kappa shape index (κ1) is 23.8. The lowest BCUT2D eigenvalue weighted by Crippen LogP contribution is -2.42. The summed E-state index contributed by atoms with van der Waals surface area (Å²) in [5, 5.41) is 13.0. The monoisotopic (exact) mass is 500 g/mol. The van der Waals surface area contributed by atoms with Gasteiger partial charge in [0, 0.05) is 37.3 Å². The van der Waals surface area contributed by atoms with Crippen LogP contribution in [-0.4, -0.2) is 54.0 Å². The number of nitrogens with one attached hydrogen (secondary N) is 1. The van der Waals surface area contributed by atoms with E-state index >= 15 is 4.39 Å². The normalized spacial score (nSPS) is 26.6. The molecule has 1 aromatic carbocycles. The second-order valence-corrected chi connectivity index (χ2v) is 10.7. The van der Waals surface area contributed by atoms with Crippen LogP contribution in [0, 0.1) is 29.0 Å². The van der Waals surface area contributed by atoms with Crippen molar-refractivity contribution in [2.24, 2.45) is 16.8 Å². The van der Waals surface area contributed by atoms with E-state index in [2.05, 4.69) is 16.4 Å². The van der Waals surface area contributed by atoms with Gasteiger partial charge in [-0.3, -0.25) is 14.6 Å². The van der Waals surface area contributed by atoms with Crippen LogP contribution in [0.3, 0.4) is 0 Å². The molecule has 5 atom stereocenters. The van der Waals surface area contributed by atoms with Crippen molar-refractivity contribution in [3.8, 4) is 17.4 Å². The maximum absolute atomic E-state index is 15.0. The lowest BCUT2D eigenvalue weighted by Gasteiger charge is -2.30. The number of carbonyl (C=O) groups excluding carboxylic acids is 2. The Hall–Kier alpha value is -3.57. The van der Waals surface area contributed by atoms with Crippen molar-refractivity contribution >= 4 is 17.9 Å². The fourth-order valence-electron chi connectivity index (χ4n) is 6.28. The van der Waals surface area contributed by atoms with E-state index < -0.39 is 11.7 Å². The number of likely N-dealkylation sites (tertiary alicyclic amines) is 1. The van der Waals surface area contributed by atoms with Crippen LogP contribution in [0.25, 0.3) is 11.3 Å². The van der Waals surface area contributed by atoms with Gasteiger partial charge in [0.1, 0.15) is 17.8 Å². The van der Waals surface area contributed by atoms with Crippen LogP contribution in [0.5, 0.6) is 0 Å². The predicted octanol–water partition coefficient (Wildman–Crippen LogP) is 4.09. The zero-order chi connectivity index (χ0) is 25.5. The first-order valence-electron chi connectivity index (χ1n) is 13.1. The largest absolute Gasteiger partial charge is 0.464 e. The molecule has 1 N–H and O–H groups in total. The third-order valence-electron chi connectivity index (χ3n) is 8.30. The highest BCUT2D eigenvalue weighted by Crippen LogP contribution is 2.36. The number of piperidine rings is 2. The van der Waals surface area contributed by atoms with Gasteiger partial charge in [-0.25, -0.2) is 4.39 Å². The number of rotatable bonds is 7. The molecule has 1 aromatic heterocycles. The van der Waals surface area contributed by atoms with Gasteiger partial charge in [0.05, 0.1) is 29.6 Å². The summed E-state index contributed by atoms with van der Waals surface area (Å²) in [5.41, 5.74) is 2.48. The minimum absolute atomic E-state index is 0.0598. The highest BCUT2D eigenvalue weighted by molar-refractivity contribution is 5.95. The van der Waals surface area contributed by atoms with Crippen molar-refractivity contribution in [1.82, 2.24) is 10.2 Å². The number of allylic oxidation sites excluding steroid dienone is 1. The van der Waals surface area contributed by atoms with Gasteiger partial charge in [-0.2, -0.15) is 5.26 Å². The summed E-state index contributed by atoms with van der Waals surface area (Å²) in [6.07, 6.45) is 9.50. The Bertz CT molecular complexity index is 1340. The number of carbonyl (C=O) groups is 2. The van der Waals surface area contributed by atoms with Crippen LogP contribution in [0.15, 0.2) is 51.6 Å². The lowest BCUT2D eigenvalue weighted by atomic mass is 9.88. The van der Waals surface area contributed by atoms with Crippen LogP contribution in [0.2, 0.25) is 0 Å². The second-order valence-electron chi connectivity index (χ2n) is 10.7. The Morgan fingerprint density at radius 2 is 2.16 bits per heavy atom. The Balaban J connectivity index is 1.09. The number of ketones is 1. The maximum Gasteiger partial charge on any atom is 0.257 e. The van der Waals surface area contributed by atoms with Crippen molar-refractivity contribution in [3.05, 3.63) is 59.1 Å². The number of benzene rings is 1. The quantitative estimate of drug-likeness (QED) is 0.617. The molecule has 8 heteroatoms. The van der Waals surface area contributed by atoms with Gasteiger partial charge < -0.3 is 14.6 Å². The van der Waals surface area contributed by atoms with E-state index in [0.29, 0.717) is 47.5 Å². The molecule has 37 heavy (non-hydrogen) atoms. The van der Waals surface area contributed by atoms with E-state index in [1.54, 1.807) is 29.3 Å². The van der Waals surface area contributed by atoms with E-state index in [1.807, 2.05) is 6.08 Å². The van der Waals surface area contributed by atoms with Crippen LogP contribution in [-0.2, 0) is 11.2 Å². The number of Topliss-reactive ketones (excluding diaryl/α,β-unsaturated/α-hetero) is 1. The van der Waals surface area contributed by atoms with Gasteiger partial charge in [0.15, 0.2) is 5.78 Å². The van der Waals surface area contributed by atoms with Gasteiger partial charge in [-0.15, -0.1) is 0 Å². The van der Waals surface area contributed by atoms with Crippen molar-refractivity contribution < 1.29 is 18.4 Å². The summed E-state index contributed by atoms with van der Waals surface area (Å²) >= 11 is 0. The molecule has 3 fully saturated rings. The Kier molecular flexibility index (Phi) is 6.25. The number of fused-ring (bicyclic) bond motifs is 3. The minimum Gasteiger partial charge on any atom is -0.464 e. The maximum atomic E-state index is 15.0. The average molecular weight is 501 g/mol. The van der Waals surface area contributed by atoms with E-state index in [0.717, 1.165) is 31.3 Å². The molecule has 1 aliphatic carbocycles. The molecule has 6 rings (SSSR count). The molecular formula is C29H29FN4O3. The van der Waals surface area contributed by atoms with Gasteiger partial charge in [-0.05, 0) is 67.4 Å². The summed E-state index contributed by atoms with van der Waals surface area (Å²) in [6, 6.07) is 9.02. The minimum atomic E-state index is -0.578. The van der Waals surface area contributed by atoms with Crippen LogP contribution < -0.4 is 5.32 Å². The number of nitriles is 1. The number of hydrogen-bond acceptors (Lipinski definition) is 6. The Morgan fingerprint density at radius 1 is 1.27 bits per heavy atom. The standard InChI is InChI=1S/C29H29FN4O3/c30-24-12-19(27-13-22(16-37-27)29(36)34-8-6-25-21(15-34)5-7-32-25)2-1-18(24)9-17(14-31)10-26(35)28-20-3-4-23(11-20)33-28/h1-2,5,7,12-13,16-17,20,23,25,28,33H,3-4,6,8-11,15H2/t17-,20+,23-,25?,28+/m1/s1. The van der Waals surface area contributed by atoms with E-state index in [1.165, 1.54) is 12.3 Å². The number of halogens is 1. The molecule has 1 amide bonds. The van der Waals surface area contributed by atoms with Crippen molar-refractivity contribution in [2.75, 3.05) is 13.1 Å². The summed E-state index contributed by atoms with van der Waals surface area (Å²) in [7, 11) is 0. The first-order valence-corrected chi connectivity index (χ1v) is 13.1. The second kappa shape index (κ2) is 9.71. The van der Waals surface area contributed by atoms with Gasteiger partial charge in [-0.1, -0.05) is 12.1 Å². The lowest BCUT2D eigenvalue weighted by molar-refractivity contribution is -0.122. The number of amides is 1. The van der Waals surface area contributed by atoms with E-state index in [4.69, 9.17) is 4.42 Å². The molecule has 190 valence electrons.